The van der Waals surface area contributed by atoms with Gasteiger partial charge in [0.15, 0.2) is 5.96 Å². The van der Waals surface area contributed by atoms with Crippen molar-refractivity contribution in [2.75, 3.05) is 40.4 Å². The van der Waals surface area contributed by atoms with Crippen LogP contribution < -0.4 is 10.6 Å². The molecule has 1 spiro atoms. The molecule has 1 amide bonds. The second kappa shape index (κ2) is 8.84. The van der Waals surface area contributed by atoms with Crippen LogP contribution in [0.3, 0.4) is 0 Å². The molecular weight excluding hydrogens is 431 g/mol. The molecule has 0 aromatic heterocycles. The molecule has 0 aliphatic carbocycles. The number of hydrogen-bond acceptors (Lipinski definition) is 3. The molecular formula is C18H27IN4O2. The molecule has 2 N–H and O–H groups in total. The minimum Gasteiger partial charge on any atom is -0.381 e. The number of guanidine groups is 1. The number of ether oxygens (including phenoxy) is 1. The van der Waals surface area contributed by atoms with Gasteiger partial charge in [-0.25, -0.2) is 0 Å². The largest absolute Gasteiger partial charge is 0.381 e. The second-order valence-corrected chi connectivity index (χ2v) is 6.65. The van der Waals surface area contributed by atoms with Gasteiger partial charge in [0, 0.05) is 51.3 Å². The number of halogens is 1. The average molecular weight is 458 g/mol. The lowest BCUT2D eigenvalue weighted by Crippen LogP contribution is -2.41. The van der Waals surface area contributed by atoms with E-state index in [2.05, 4.69) is 20.5 Å². The standard InChI is InChI=1S/C18H26N4O2.HI/c1-19-16(23)15-5-3-4-14(10-15)11-21-17(20-2)22-8-6-18(12-22)7-9-24-13-18;/h3-5,10H,6-9,11-13H2,1-2H3,(H,19,23)(H,20,21);1H. The fourth-order valence-corrected chi connectivity index (χ4v) is 3.57. The summed E-state index contributed by atoms with van der Waals surface area (Å²) in [6, 6.07) is 7.66. The van der Waals surface area contributed by atoms with Gasteiger partial charge in [0.25, 0.3) is 5.91 Å². The lowest BCUT2D eigenvalue weighted by atomic mass is 9.87. The van der Waals surface area contributed by atoms with Crippen LogP contribution in [0.2, 0.25) is 0 Å². The maximum Gasteiger partial charge on any atom is 0.251 e. The summed E-state index contributed by atoms with van der Waals surface area (Å²) in [5.41, 5.74) is 2.06. The number of nitrogens with one attached hydrogen (secondary N) is 2. The van der Waals surface area contributed by atoms with Gasteiger partial charge in [0.1, 0.15) is 0 Å². The second-order valence-electron chi connectivity index (χ2n) is 6.65. The van der Waals surface area contributed by atoms with Gasteiger partial charge in [-0.1, -0.05) is 12.1 Å². The van der Waals surface area contributed by atoms with Crippen molar-refractivity contribution in [2.24, 2.45) is 10.4 Å². The normalized spacial score (nSPS) is 22.8. The summed E-state index contributed by atoms with van der Waals surface area (Å²) in [5.74, 6) is 0.855. The molecule has 138 valence electrons. The molecule has 2 heterocycles. The summed E-state index contributed by atoms with van der Waals surface area (Å²) < 4.78 is 5.59. The first kappa shape index (κ1) is 20.0. The van der Waals surface area contributed by atoms with Crippen molar-refractivity contribution in [1.29, 1.82) is 0 Å². The predicted molar refractivity (Wildman–Crippen MR) is 110 cm³/mol. The summed E-state index contributed by atoms with van der Waals surface area (Å²) in [7, 11) is 3.46. The number of likely N-dealkylation sites (tertiary alicyclic amines) is 1. The van der Waals surface area contributed by atoms with Crippen LogP contribution in [-0.4, -0.2) is 57.2 Å². The number of benzene rings is 1. The van der Waals surface area contributed by atoms with Crippen LogP contribution in [0.1, 0.15) is 28.8 Å². The van der Waals surface area contributed by atoms with Gasteiger partial charge in [-0.15, -0.1) is 24.0 Å². The predicted octanol–water partition coefficient (Wildman–Crippen LogP) is 1.85. The zero-order chi connectivity index (χ0) is 17.0. The molecule has 1 unspecified atom stereocenters. The van der Waals surface area contributed by atoms with Crippen molar-refractivity contribution in [2.45, 2.75) is 19.4 Å². The van der Waals surface area contributed by atoms with Crippen LogP contribution in [0.25, 0.3) is 0 Å². The molecule has 2 fully saturated rings. The average Bonchev–Trinajstić information content (AvgIpc) is 3.25. The van der Waals surface area contributed by atoms with E-state index < -0.39 is 0 Å². The summed E-state index contributed by atoms with van der Waals surface area (Å²) >= 11 is 0. The van der Waals surface area contributed by atoms with E-state index in [1.165, 1.54) is 6.42 Å². The Labute approximate surface area is 166 Å². The maximum absolute atomic E-state index is 11.7. The molecule has 1 aromatic carbocycles. The Morgan fingerprint density at radius 3 is 2.92 bits per heavy atom. The fourth-order valence-electron chi connectivity index (χ4n) is 3.57. The summed E-state index contributed by atoms with van der Waals surface area (Å²) in [5, 5.41) is 6.08. The van der Waals surface area contributed by atoms with Gasteiger partial charge in [-0.3, -0.25) is 9.79 Å². The minimum absolute atomic E-state index is 0. The first-order valence-corrected chi connectivity index (χ1v) is 8.50. The van der Waals surface area contributed by atoms with Crippen molar-refractivity contribution in [3.8, 4) is 0 Å². The highest BCUT2D eigenvalue weighted by Crippen LogP contribution is 2.38. The molecule has 0 saturated carbocycles. The van der Waals surface area contributed by atoms with E-state index in [1.807, 2.05) is 31.3 Å². The molecule has 1 atom stereocenters. The quantitative estimate of drug-likeness (QED) is 0.413. The third kappa shape index (κ3) is 4.63. The zero-order valence-electron chi connectivity index (χ0n) is 14.9. The Morgan fingerprint density at radius 1 is 1.40 bits per heavy atom. The van der Waals surface area contributed by atoms with Gasteiger partial charge in [-0.05, 0) is 30.5 Å². The van der Waals surface area contributed by atoms with Crippen LogP contribution in [0.15, 0.2) is 29.3 Å². The monoisotopic (exact) mass is 458 g/mol. The van der Waals surface area contributed by atoms with E-state index in [0.717, 1.165) is 44.2 Å². The van der Waals surface area contributed by atoms with Crippen LogP contribution in [0, 0.1) is 5.41 Å². The van der Waals surface area contributed by atoms with E-state index in [-0.39, 0.29) is 29.9 Å². The first-order valence-electron chi connectivity index (χ1n) is 8.50. The molecule has 6 nitrogen and oxygen atoms in total. The molecule has 7 heteroatoms. The van der Waals surface area contributed by atoms with Crippen molar-refractivity contribution in [1.82, 2.24) is 15.5 Å². The fraction of sp³-hybridized carbons (Fsp3) is 0.556. The number of carbonyl (C=O) groups is 1. The van der Waals surface area contributed by atoms with E-state index in [4.69, 9.17) is 4.74 Å². The lowest BCUT2D eigenvalue weighted by molar-refractivity contribution is 0.0963. The highest BCUT2D eigenvalue weighted by molar-refractivity contribution is 14.0. The molecule has 25 heavy (non-hydrogen) atoms. The Morgan fingerprint density at radius 2 is 2.24 bits per heavy atom. The number of amides is 1. The van der Waals surface area contributed by atoms with Crippen LogP contribution in [0.5, 0.6) is 0 Å². The Bertz CT molecular complexity index is 629. The molecule has 3 rings (SSSR count). The van der Waals surface area contributed by atoms with E-state index in [9.17, 15) is 4.79 Å². The topological polar surface area (TPSA) is 66.0 Å². The number of carbonyl (C=O) groups excluding carboxylic acids is 1. The van der Waals surface area contributed by atoms with Crippen molar-refractivity contribution >= 4 is 35.8 Å². The number of hydrogen-bond donors (Lipinski definition) is 2. The van der Waals surface area contributed by atoms with Gasteiger partial charge in [0.2, 0.25) is 0 Å². The molecule has 2 saturated heterocycles. The van der Waals surface area contributed by atoms with Crippen molar-refractivity contribution in [3.63, 3.8) is 0 Å². The molecule has 0 radical (unpaired) electrons. The van der Waals surface area contributed by atoms with Gasteiger partial charge in [0.05, 0.1) is 6.61 Å². The third-order valence-electron chi connectivity index (χ3n) is 5.00. The minimum atomic E-state index is -0.0658. The van der Waals surface area contributed by atoms with Gasteiger partial charge < -0.3 is 20.3 Å². The smallest absolute Gasteiger partial charge is 0.251 e. The summed E-state index contributed by atoms with van der Waals surface area (Å²) in [6.45, 7) is 4.42. The number of rotatable bonds is 3. The van der Waals surface area contributed by atoms with Crippen LogP contribution in [0.4, 0.5) is 0 Å². The van der Waals surface area contributed by atoms with E-state index in [0.29, 0.717) is 17.5 Å². The van der Waals surface area contributed by atoms with Crippen molar-refractivity contribution in [3.05, 3.63) is 35.4 Å². The van der Waals surface area contributed by atoms with Gasteiger partial charge in [-0.2, -0.15) is 0 Å². The van der Waals surface area contributed by atoms with Crippen LogP contribution >= 0.6 is 24.0 Å². The molecule has 1 aromatic rings. The number of aliphatic imine (C=N–C) groups is 1. The van der Waals surface area contributed by atoms with E-state index >= 15 is 0 Å². The van der Waals surface area contributed by atoms with Crippen LogP contribution in [-0.2, 0) is 11.3 Å². The first-order chi connectivity index (χ1) is 11.7. The Kier molecular flexibility index (Phi) is 7.06. The zero-order valence-corrected chi connectivity index (χ0v) is 17.2. The maximum atomic E-state index is 11.7. The summed E-state index contributed by atoms with van der Waals surface area (Å²) in [4.78, 5) is 18.5. The molecule has 2 aliphatic rings. The molecule has 0 bridgehead atoms. The van der Waals surface area contributed by atoms with Crippen molar-refractivity contribution < 1.29 is 9.53 Å². The Balaban J connectivity index is 0.00000225. The number of nitrogens with zero attached hydrogens (tertiary/aromatic N) is 2. The van der Waals surface area contributed by atoms with Gasteiger partial charge >= 0.3 is 0 Å². The third-order valence-corrected chi connectivity index (χ3v) is 5.00. The molecule has 2 aliphatic heterocycles. The lowest BCUT2D eigenvalue weighted by Gasteiger charge is -2.25. The highest BCUT2D eigenvalue weighted by atomic mass is 127. The highest BCUT2D eigenvalue weighted by Gasteiger charge is 2.42. The van der Waals surface area contributed by atoms with E-state index in [1.54, 1.807) is 7.05 Å². The summed E-state index contributed by atoms with van der Waals surface area (Å²) in [6.07, 6.45) is 2.31. The SMILES string of the molecule is CN=C(NCc1cccc(C(=O)NC)c1)N1CCC2(CCOC2)C1.I. The Hall–Kier alpha value is -1.35.